The Morgan fingerprint density at radius 3 is 2.50 bits per heavy atom. The molecule has 0 aliphatic rings. The summed E-state index contributed by atoms with van der Waals surface area (Å²) in [5.41, 5.74) is 5.29. The van der Waals surface area contributed by atoms with Crippen LogP contribution in [0.1, 0.15) is 6.42 Å². The van der Waals surface area contributed by atoms with E-state index in [1.807, 2.05) is 0 Å². The Hall–Kier alpha value is -1.14. The number of methoxy groups -OCH3 is 1. The second-order valence-corrected chi connectivity index (χ2v) is 2.86. The Morgan fingerprint density at radius 2 is 2.14 bits per heavy atom. The molecule has 0 bridgehead atoms. The topological polar surface area (TPSA) is 92.9 Å². The van der Waals surface area contributed by atoms with Gasteiger partial charge in [-0.05, 0) is 0 Å². The van der Waals surface area contributed by atoms with E-state index < -0.39 is 12.1 Å². The Kier molecular flexibility index (Phi) is 5.82. The molecule has 6 heteroatoms. The minimum Gasteiger partial charge on any atom is -0.481 e. The Morgan fingerprint density at radius 1 is 1.57 bits per heavy atom. The van der Waals surface area contributed by atoms with Crippen LogP contribution >= 0.6 is 0 Å². The lowest BCUT2D eigenvalue weighted by Crippen LogP contribution is -2.42. The molecule has 0 aromatic rings. The zero-order chi connectivity index (χ0) is 11.1. The quantitative estimate of drug-likeness (QED) is 0.572. The van der Waals surface area contributed by atoms with Crippen molar-refractivity contribution in [2.24, 2.45) is 5.73 Å². The molecular weight excluding hydrogens is 188 g/mol. The molecule has 0 radical (unpaired) electrons. The van der Waals surface area contributed by atoms with E-state index >= 15 is 0 Å². The molecule has 0 spiro atoms. The molecule has 0 aliphatic heterocycles. The monoisotopic (exact) mass is 204 g/mol. The van der Waals surface area contributed by atoms with Gasteiger partial charge in [0.05, 0.1) is 6.42 Å². The van der Waals surface area contributed by atoms with Crippen LogP contribution in [0.5, 0.6) is 0 Å². The fourth-order valence-corrected chi connectivity index (χ4v) is 0.917. The lowest BCUT2D eigenvalue weighted by atomic mass is 10.3. The first-order valence-corrected chi connectivity index (χ1v) is 4.22. The van der Waals surface area contributed by atoms with Crippen LogP contribution in [0.4, 0.5) is 0 Å². The van der Waals surface area contributed by atoms with Crippen LogP contribution in [0.15, 0.2) is 0 Å². The summed E-state index contributed by atoms with van der Waals surface area (Å²) in [5, 5.41) is 8.40. The molecule has 0 aromatic carbocycles. The maximum absolute atomic E-state index is 11.4. The number of carboxylic acid groups (broad SMARTS) is 1. The summed E-state index contributed by atoms with van der Waals surface area (Å²) in [7, 11) is 2.91. The van der Waals surface area contributed by atoms with Gasteiger partial charge in [-0.2, -0.15) is 0 Å². The van der Waals surface area contributed by atoms with Crippen LogP contribution in [0.2, 0.25) is 0 Å². The molecule has 6 nitrogen and oxygen atoms in total. The molecular formula is C8H16N2O4. The SMILES string of the molecule is COC(CN)C(=O)N(C)CCC(=O)O. The van der Waals surface area contributed by atoms with Crippen molar-refractivity contribution in [3.63, 3.8) is 0 Å². The molecule has 82 valence electrons. The first-order chi connectivity index (χ1) is 6.52. The third-order valence-corrected chi connectivity index (χ3v) is 1.81. The van der Waals surface area contributed by atoms with Crippen molar-refractivity contribution in [2.75, 3.05) is 27.2 Å². The first-order valence-electron chi connectivity index (χ1n) is 4.22. The molecule has 0 saturated heterocycles. The number of carboxylic acids is 1. The van der Waals surface area contributed by atoms with E-state index in [0.29, 0.717) is 0 Å². The first kappa shape index (κ1) is 12.9. The van der Waals surface area contributed by atoms with Gasteiger partial charge in [0.25, 0.3) is 5.91 Å². The number of amides is 1. The number of ether oxygens (including phenoxy) is 1. The van der Waals surface area contributed by atoms with E-state index in [9.17, 15) is 9.59 Å². The molecule has 0 aromatic heterocycles. The number of likely N-dealkylation sites (N-methyl/N-ethyl adjacent to an activating group) is 1. The third kappa shape index (κ3) is 4.20. The van der Waals surface area contributed by atoms with Gasteiger partial charge in [0.1, 0.15) is 6.10 Å². The third-order valence-electron chi connectivity index (χ3n) is 1.81. The van der Waals surface area contributed by atoms with Gasteiger partial charge in [0, 0.05) is 27.2 Å². The van der Waals surface area contributed by atoms with E-state index in [2.05, 4.69) is 0 Å². The fourth-order valence-electron chi connectivity index (χ4n) is 0.917. The molecule has 0 heterocycles. The summed E-state index contributed by atoms with van der Waals surface area (Å²) < 4.78 is 4.83. The van der Waals surface area contributed by atoms with Gasteiger partial charge in [-0.3, -0.25) is 9.59 Å². The smallest absolute Gasteiger partial charge is 0.305 e. The van der Waals surface area contributed by atoms with Gasteiger partial charge in [-0.1, -0.05) is 0 Å². The molecule has 0 fully saturated rings. The molecule has 3 N–H and O–H groups in total. The van der Waals surface area contributed by atoms with Crippen LogP contribution < -0.4 is 5.73 Å². The molecule has 0 aliphatic carbocycles. The summed E-state index contributed by atoms with van der Waals surface area (Å²) in [4.78, 5) is 23.0. The molecule has 0 rings (SSSR count). The standard InChI is InChI=1S/C8H16N2O4/c1-10(4-3-7(11)12)8(13)6(5-9)14-2/h6H,3-5,9H2,1-2H3,(H,11,12). The summed E-state index contributed by atoms with van der Waals surface area (Å²) in [5.74, 6) is -1.23. The number of carbonyl (C=O) groups excluding carboxylic acids is 1. The largest absolute Gasteiger partial charge is 0.481 e. The van der Waals surface area contributed by atoms with Crippen LogP contribution in [0.25, 0.3) is 0 Å². The molecule has 1 amide bonds. The normalized spacial score (nSPS) is 12.2. The van der Waals surface area contributed by atoms with Crippen LogP contribution in [-0.4, -0.2) is 55.2 Å². The Balaban J connectivity index is 4.03. The van der Waals surface area contributed by atoms with Crippen molar-refractivity contribution in [1.29, 1.82) is 0 Å². The lowest BCUT2D eigenvalue weighted by molar-refractivity contribution is -0.142. The van der Waals surface area contributed by atoms with Crippen molar-refractivity contribution in [3.8, 4) is 0 Å². The van der Waals surface area contributed by atoms with Crippen molar-refractivity contribution < 1.29 is 19.4 Å². The number of aliphatic carboxylic acids is 1. The highest BCUT2D eigenvalue weighted by molar-refractivity contribution is 5.81. The van der Waals surface area contributed by atoms with E-state index in [1.54, 1.807) is 0 Å². The average molecular weight is 204 g/mol. The van der Waals surface area contributed by atoms with Crippen LogP contribution in [0, 0.1) is 0 Å². The van der Waals surface area contributed by atoms with E-state index in [0.717, 1.165) is 0 Å². The summed E-state index contributed by atoms with van der Waals surface area (Å²) >= 11 is 0. The number of rotatable bonds is 6. The highest BCUT2D eigenvalue weighted by Crippen LogP contribution is 1.96. The highest BCUT2D eigenvalue weighted by atomic mass is 16.5. The van der Waals surface area contributed by atoms with Gasteiger partial charge in [0.15, 0.2) is 0 Å². The summed E-state index contributed by atoms with van der Waals surface area (Å²) in [6.07, 6.45) is -0.766. The minimum atomic E-state index is -0.939. The van der Waals surface area contributed by atoms with Gasteiger partial charge in [0.2, 0.25) is 0 Å². The van der Waals surface area contributed by atoms with E-state index in [4.69, 9.17) is 15.6 Å². The van der Waals surface area contributed by atoms with E-state index in [-0.39, 0.29) is 25.4 Å². The second kappa shape index (κ2) is 6.33. The van der Waals surface area contributed by atoms with Crippen LogP contribution in [0.3, 0.4) is 0 Å². The van der Waals surface area contributed by atoms with Crippen molar-refractivity contribution >= 4 is 11.9 Å². The number of carbonyl (C=O) groups is 2. The van der Waals surface area contributed by atoms with Crippen molar-refractivity contribution in [2.45, 2.75) is 12.5 Å². The number of nitrogens with two attached hydrogens (primary N) is 1. The number of nitrogens with zero attached hydrogens (tertiary/aromatic N) is 1. The maximum atomic E-state index is 11.4. The molecule has 14 heavy (non-hydrogen) atoms. The molecule has 1 atom stereocenters. The van der Waals surface area contributed by atoms with Crippen LogP contribution in [-0.2, 0) is 14.3 Å². The van der Waals surface area contributed by atoms with Gasteiger partial charge in [-0.25, -0.2) is 0 Å². The van der Waals surface area contributed by atoms with Crippen molar-refractivity contribution in [1.82, 2.24) is 4.90 Å². The van der Waals surface area contributed by atoms with Gasteiger partial charge < -0.3 is 20.5 Å². The van der Waals surface area contributed by atoms with Crippen molar-refractivity contribution in [3.05, 3.63) is 0 Å². The zero-order valence-corrected chi connectivity index (χ0v) is 8.40. The highest BCUT2D eigenvalue weighted by Gasteiger charge is 2.20. The Labute approximate surface area is 82.6 Å². The number of hydrogen-bond acceptors (Lipinski definition) is 4. The summed E-state index contributed by atoms with van der Waals surface area (Å²) in [6.45, 7) is 0.251. The zero-order valence-electron chi connectivity index (χ0n) is 8.40. The molecule has 0 saturated carbocycles. The number of hydrogen-bond donors (Lipinski definition) is 2. The maximum Gasteiger partial charge on any atom is 0.305 e. The van der Waals surface area contributed by atoms with Gasteiger partial charge in [-0.15, -0.1) is 0 Å². The minimum absolute atomic E-state index is 0.0801. The fraction of sp³-hybridized carbons (Fsp3) is 0.750. The van der Waals surface area contributed by atoms with E-state index in [1.165, 1.54) is 19.1 Å². The lowest BCUT2D eigenvalue weighted by Gasteiger charge is -2.21. The van der Waals surface area contributed by atoms with Gasteiger partial charge >= 0.3 is 5.97 Å². The predicted molar refractivity (Wildman–Crippen MR) is 49.7 cm³/mol. The average Bonchev–Trinajstić information content (AvgIpc) is 2.15. The molecule has 1 unspecified atom stereocenters. The Bertz CT molecular complexity index is 204. The summed E-state index contributed by atoms with van der Waals surface area (Å²) in [6, 6.07) is 0. The predicted octanol–water partition coefficient (Wildman–Crippen LogP) is -1.11. The second-order valence-electron chi connectivity index (χ2n) is 2.86.